The standard InChI is InChI=1S/C18H21N5O.C2HF3O2/c1-12(2)17-21-13(3)10-16(22-17)19-8-9-23-18(24)15-7-5-4-6-14(15)11-20-23;3-2(4,5)1(6)7/h4-7,10-12H,8-9H2,1-3H3,(H,19,21,22);(H,6,7). The number of carboxylic acids is 1. The van der Waals surface area contributed by atoms with Gasteiger partial charge in [0.1, 0.15) is 11.6 Å². The fourth-order valence-corrected chi connectivity index (χ4v) is 2.52. The number of aryl methyl sites for hydroxylation is 1. The van der Waals surface area contributed by atoms with Gasteiger partial charge in [-0.05, 0) is 13.0 Å². The highest BCUT2D eigenvalue weighted by Gasteiger charge is 2.38. The first-order valence-electron chi connectivity index (χ1n) is 9.33. The minimum absolute atomic E-state index is 0.0726. The van der Waals surface area contributed by atoms with Crippen molar-refractivity contribution in [2.24, 2.45) is 0 Å². The maximum absolute atomic E-state index is 12.4. The van der Waals surface area contributed by atoms with E-state index in [0.717, 1.165) is 22.7 Å². The van der Waals surface area contributed by atoms with Crippen molar-refractivity contribution in [1.29, 1.82) is 0 Å². The number of benzene rings is 1. The number of carboxylic acid groups (broad SMARTS) is 1. The number of carbonyl (C=O) groups is 1. The van der Waals surface area contributed by atoms with Gasteiger partial charge in [0.2, 0.25) is 0 Å². The fourth-order valence-electron chi connectivity index (χ4n) is 2.52. The Morgan fingerprint density at radius 2 is 1.87 bits per heavy atom. The van der Waals surface area contributed by atoms with Crippen LogP contribution in [-0.4, -0.2) is 43.5 Å². The molecule has 2 N–H and O–H groups in total. The van der Waals surface area contributed by atoms with Crippen LogP contribution < -0.4 is 10.9 Å². The highest BCUT2D eigenvalue weighted by atomic mass is 19.4. The van der Waals surface area contributed by atoms with Gasteiger partial charge in [-0.3, -0.25) is 4.79 Å². The average molecular weight is 437 g/mol. The molecule has 0 atom stereocenters. The van der Waals surface area contributed by atoms with Crippen LogP contribution in [0, 0.1) is 6.92 Å². The predicted octanol–water partition coefficient (Wildman–Crippen LogP) is 3.36. The summed E-state index contributed by atoms with van der Waals surface area (Å²) in [4.78, 5) is 30.2. The number of fused-ring (bicyclic) bond motifs is 1. The van der Waals surface area contributed by atoms with Crippen LogP contribution in [0.1, 0.15) is 31.3 Å². The van der Waals surface area contributed by atoms with Crippen molar-refractivity contribution >= 4 is 22.6 Å². The fraction of sp³-hybridized carbons (Fsp3) is 0.350. The summed E-state index contributed by atoms with van der Waals surface area (Å²) in [7, 11) is 0. The van der Waals surface area contributed by atoms with Crippen LogP contribution in [0.15, 0.2) is 41.3 Å². The van der Waals surface area contributed by atoms with E-state index in [-0.39, 0.29) is 11.5 Å². The van der Waals surface area contributed by atoms with Gasteiger partial charge in [0.05, 0.1) is 18.1 Å². The summed E-state index contributed by atoms with van der Waals surface area (Å²) in [5.41, 5.74) is 0.855. The average Bonchev–Trinajstić information content (AvgIpc) is 2.69. The molecule has 2 aromatic heterocycles. The van der Waals surface area contributed by atoms with E-state index in [1.807, 2.05) is 37.3 Å². The van der Waals surface area contributed by atoms with Gasteiger partial charge in [-0.15, -0.1) is 0 Å². The number of hydrogen-bond donors (Lipinski definition) is 2. The van der Waals surface area contributed by atoms with Crippen molar-refractivity contribution in [3.8, 4) is 0 Å². The lowest BCUT2D eigenvalue weighted by atomic mass is 10.2. The van der Waals surface area contributed by atoms with E-state index in [9.17, 15) is 18.0 Å². The van der Waals surface area contributed by atoms with Crippen LogP contribution in [0.2, 0.25) is 0 Å². The molecule has 3 aromatic rings. The van der Waals surface area contributed by atoms with Crippen molar-refractivity contribution in [3.63, 3.8) is 0 Å². The Kier molecular flexibility index (Phi) is 7.67. The highest BCUT2D eigenvalue weighted by Crippen LogP contribution is 2.14. The molecule has 0 unspecified atom stereocenters. The number of aliphatic carboxylic acids is 1. The van der Waals surface area contributed by atoms with Crippen molar-refractivity contribution in [2.75, 3.05) is 11.9 Å². The van der Waals surface area contributed by atoms with E-state index in [1.165, 1.54) is 4.68 Å². The molecule has 11 heteroatoms. The Morgan fingerprint density at radius 1 is 1.23 bits per heavy atom. The lowest BCUT2D eigenvalue weighted by Gasteiger charge is -2.11. The van der Waals surface area contributed by atoms with Gasteiger partial charge in [-0.1, -0.05) is 32.0 Å². The van der Waals surface area contributed by atoms with Gasteiger partial charge in [-0.25, -0.2) is 19.4 Å². The summed E-state index contributed by atoms with van der Waals surface area (Å²) in [6.07, 6.45) is -3.36. The SMILES string of the molecule is Cc1cc(NCCn2ncc3ccccc3c2=O)nc(C(C)C)n1.O=C(O)C(F)(F)F. The molecule has 0 spiro atoms. The van der Waals surface area contributed by atoms with Crippen molar-refractivity contribution in [2.45, 2.75) is 39.4 Å². The summed E-state index contributed by atoms with van der Waals surface area (Å²) < 4.78 is 33.2. The number of rotatable bonds is 5. The van der Waals surface area contributed by atoms with Gasteiger partial charge in [0.25, 0.3) is 5.56 Å². The third kappa shape index (κ3) is 6.76. The molecule has 0 aliphatic rings. The smallest absolute Gasteiger partial charge is 0.475 e. The minimum Gasteiger partial charge on any atom is -0.475 e. The van der Waals surface area contributed by atoms with Crippen LogP contribution in [0.4, 0.5) is 19.0 Å². The normalized spacial score (nSPS) is 11.2. The third-order valence-corrected chi connectivity index (χ3v) is 4.02. The van der Waals surface area contributed by atoms with Gasteiger partial charge in [-0.2, -0.15) is 18.3 Å². The number of nitrogens with one attached hydrogen (secondary N) is 1. The molecule has 0 aliphatic heterocycles. The van der Waals surface area contributed by atoms with Gasteiger partial charge in [0, 0.05) is 29.6 Å². The Balaban J connectivity index is 0.000000423. The number of hydrogen-bond acceptors (Lipinski definition) is 6. The first kappa shape index (κ1) is 23.8. The number of alkyl halides is 3. The molecule has 2 heterocycles. The molecule has 1 aromatic carbocycles. The van der Waals surface area contributed by atoms with Crippen LogP contribution in [0.3, 0.4) is 0 Å². The van der Waals surface area contributed by atoms with Gasteiger partial charge in [0.15, 0.2) is 0 Å². The van der Waals surface area contributed by atoms with Crippen molar-refractivity contribution < 1.29 is 23.1 Å². The summed E-state index contributed by atoms with van der Waals surface area (Å²) in [6, 6.07) is 9.39. The molecule has 0 fully saturated rings. The van der Waals surface area contributed by atoms with Gasteiger partial charge >= 0.3 is 12.1 Å². The molecule has 166 valence electrons. The van der Waals surface area contributed by atoms with Crippen molar-refractivity contribution in [1.82, 2.24) is 19.7 Å². The highest BCUT2D eigenvalue weighted by molar-refractivity contribution is 5.80. The van der Waals surface area contributed by atoms with E-state index >= 15 is 0 Å². The lowest BCUT2D eigenvalue weighted by Crippen LogP contribution is -2.26. The second kappa shape index (κ2) is 10.0. The van der Waals surface area contributed by atoms with Crippen molar-refractivity contribution in [3.05, 3.63) is 58.4 Å². The topological polar surface area (TPSA) is 110 Å². The molecule has 31 heavy (non-hydrogen) atoms. The quantitative estimate of drug-likeness (QED) is 0.630. The number of halogens is 3. The zero-order valence-electron chi connectivity index (χ0n) is 17.1. The lowest BCUT2D eigenvalue weighted by molar-refractivity contribution is -0.192. The number of aromatic nitrogens is 4. The van der Waals surface area contributed by atoms with Crippen LogP contribution in [0.5, 0.6) is 0 Å². The number of nitrogens with zero attached hydrogens (tertiary/aromatic N) is 4. The maximum atomic E-state index is 12.4. The predicted molar refractivity (Wildman–Crippen MR) is 109 cm³/mol. The largest absolute Gasteiger partial charge is 0.490 e. The van der Waals surface area contributed by atoms with E-state index in [2.05, 4.69) is 34.2 Å². The molecule has 0 saturated heterocycles. The third-order valence-electron chi connectivity index (χ3n) is 4.02. The van der Waals surface area contributed by atoms with Crippen LogP contribution in [-0.2, 0) is 11.3 Å². The molecular weight excluding hydrogens is 415 g/mol. The Morgan fingerprint density at radius 3 is 2.48 bits per heavy atom. The molecule has 8 nitrogen and oxygen atoms in total. The molecule has 0 saturated carbocycles. The second-order valence-corrected chi connectivity index (χ2v) is 6.90. The van der Waals surface area contributed by atoms with Gasteiger partial charge < -0.3 is 10.4 Å². The van der Waals surface area contributed by atoms with E-state index < -0.39 is 12.1 Å². The Labute approximate surface area is 175 Å². The molecule has 3 rings (SSSR count). The first-order chi connectivity index (χ1) is 14.5. The van der Waals surface area contributed by atoms with Crippen LogP contribution >= 0.6 is 0 Å². The monoisotopic (exact) mass is 437 g/mol. The van der Waals surface area contributed by atoms with E-state index in [0.29, 0.717) is 18.5 Å². The molecule has 0 radical (unpaired) electrons. The van der Waals surface area contributed by atoms with Crippen LogP contribution in [0.25, 0.3) is 10.8 Å². The summed E-state index contributed by atoms with van der Waals surface area (Å²) in [5.74, 6) is -0.888. The molecule has 0 bridgehead atoms. The zero-order valence-corrected chi connectivity index (χ0v) is 17.1. The maximum Gasteiger partial charge on any atom is 0.490 e. The Bertz CT molecular complexity index is 1110. The summed E-state index contributed by atoms with van der Waals surface area (Å²) in [6.45, 7) is 7.13. The molecule has 0 amide bonds. The summed E-state index contributed by atoms with van der Waals surface area (Å²) in [5, 5.41) is 16.2. The zero-order chi connectivity index (χ0) is 23.2. The van der Waals surface area contributed by atoms with E-state index in [4.69, 9.17) is 9.90 Å². The molecular formula is C20H22F3N5O3. The Hall–Kier alpha value is -3.50. The first-order valence-corrected chi connectivity index (χ1v) is 9.33. The second-order valence-electron chi connectivity index (χ2n) is 6.90. The van der Waals surface area contributed by atoms with E-state index in [1.54, 1.807) is 6.20 Å². The number of anilines is 1. The summed E-state index contributed by atoms with van der Waals surface area (Å²) >= 11 is 0. The minimum atomic E-state index is -5.08. The molecule has 0 aliphatic carbocycles.